The molecule has 158 valence electrons. The van der Waals surface area contributed by atoms with Gasteiger partial charge in [0.25, 0.3) is 0 Å². The van der Waals surface area contributed by atoms with Gasteiger partial charge in [-0.3, -0.25) is 0 Å². The van der Waals surface area contributed by atoms with Crippen molar-refractivity contribution in [3.05, 3.63) is 71.7 Å². The summed E-state index contributed by atoms with van der Waals surface area (Å²) in [5, 5.41) is 7.66. The van der Waals surface area contributed by atoms with Gasteiger partial charge >= 0.3 is 6.03 Å². The summed E-state index contributed by atoms with van der Waals surface area (Å²) in [5.41, 5.74) is 4.97. The van der Waals surface area contributed by atoms with E-state index in [0.29, 0.717) is 19.6 Å². The monoisotopic (exact) mass is 409 g/mol. The molecule has 0 saturated heterocycles. The van der Waals surface area contributed by atoms with Gasteiger partial charge in [0.1, 0.15) is 5.82 Å². The fourth-order valence-electron chi connectivity index (χ4n) is 3.09. The first kappa shape index (κ1) is 21.5. The van der Waals surface area contributed by atoms with Gasteiger partial charge in [0.2, 0.25) is 0 Å². The van der Waals surface area contributed by atoms with Gasteiger partial charge in [-0.25, -0.2) is 13.9 Å². The van der Waals surface area contributed by atoms with E-state index in [0.717, 1.165) is 22.5 Å². The maximum atomic E-state index is 13.3. The van der Waals surface area contributed by atoms with Crippen molar-refractivity contribution in [3.8, 4) is 16.9 Å². The first-order chi connectivity index (χ1) is 14.3. The fourth-order valence-corrected chi connectivity index (χ4v) is 3.09. The Morgan fingerprint density at radius 3 is 2.37 bits per heavy atom. The smallest absolute Gasteiger partial charge is 0.316 e. The van der Waals surface area contributed by atoms with Crippen molar-refractivity contribution in [1.82, 2.24) is 24.9 Å². The Kier molecular flexibility index (Phi) is 6.84. The van der Waals surface area contributed by atoms with Gasteiger partial charge < -0.3 is 15.1 Å². The number of rotatable bonds is 7. The first-order valence-electron chi connectivity index (χ1n) is 9.88. The highest BCUT2D eigenvalue weighted by molar-refractivity contribution is 5.73. The van der Waals surface area contributed by atoms with Gasteiger partial charge in [-0.15, -0.1) is 0 Å². The molecule has 0 atom stereocenters. The summed E-state index contributed by atoms with van der Waals surface area (Å²) < 4.78 is 15.1. The number of aromatic nitrogens is 2. The normalized spacial score (nSPS) is 11.0. The maximum Gasteiger partial charge on any atom is 0.316 e. The molecule has 2 amide bonds. The van der Waals surface area contributed by atoms with Gasteiger partial charge in [-0.05, 0) is 38.2 Å². The molecule has 1 heterocycles. The van der Waals surface area contributed by atoms with E-state index < -0.39 is 0 Å². The third-order valence-electron chi connectivity index (χ3n) is 4.82. The number of benzene rings is 2. The third-order valence-corrected chi connectivity index (χ3v) is 4.82. The van der Waals surface area contributed by atoms with Crippen LogP contribution in [0.2, 0.25) is 0 Å². The highest BCUT2D eigenvalue weighted by Crippen LogP contribution is 2.25. The molecule has 1 aromatic heterocycles. The summed E-state index contributed by atoms with van der Waals surface area (Å²) in [5.74, 6) is -0.274. The zero-order chi connectivity index (χ0) is 21.7. The minimum Gasteiger partial charge on any atom is -0.337 e. The number of nitrogens with zero attached hydrogens (tertiary/aromatic N) is 4. The molecule has 0 aliphatic heterocycles. The molecular weight excluding hydrogens is 381 g/mol. The molecule has 0 fully saturated rings. The van der Waals surface area contributed by atoms with Crippen molar-refractivity contribution in [2.75, 3.05) is 34.2 Å². The van der Waals surface area contributed by atoms with E-state index in [1.807, 2.05) is 13.2 Å². The summed E-state index contributed by atoms with van der Waals surface area (Å²) >= 11 is 0. The number of amides is 2. The number of halogens is 1. The highest BCUT2D eigenvalue weighted by atomic mass is 19.1. The van der Waals surface area contributed by atoms with Crippen molar-refractivity contribution in [2.24, 2.45) is 0 Å². The summed E-state index contributed by atoms with van der Waals surface area (Å²) in [6, 6.07) is 14.4. The Morgan fingerprint density at radius 2 is 1.73 bits per heavy atom. The standard InChI is InChI=1S/C23H28FN5O/c1-17-5-7-18(8-6-17)22-19(15-28(4)14-13-25-23(30)27(2)3)16-29(26-22)21-11-9-20(24)10-12-21/h5-12,16H,13-15H2,1-4H3,(H,25,30). The van der Waals surface area contributed by atoms with Crippen LogP contribution in [-0.4, -0.2) is 59.8 Å². The second kappa shape index (κ2) is 9.54. The number of urea groups is 1. The molecule has 0 saturated carbocycles. The average molecular weight is 410 g/mol. The largest absolute Gasteiger partial charge is 0.337 e. The molecule has 7 heteroatoms. The SMILES string of the molecule is Cc1ccc(-c2nn(-c3ccc(F)cc3)cc2CN(C)CCNC(=O)N(C)C)cc1. The van der Waals surface area contributed by atoms with Gasteiger partial charge in [-0.2, -0.15) is 5.10 Å². The number of aryl methyl sites for hydroxylation is 1. The third kappa shape index (κ3) is 5.45. The molecule has 2 aromatic carbocycles. The lowest BCUT2D eigenvalue weighted by atomic mass is 10.1. The van der Waals surface area contributed by atoms with Crippen molar-refractivity contribution in [3.63, 3.8) is 0 Å². The van der Waals surface area contributed by atoms with Crippen LogP contribution >= 0.6 is 0 Å². The average Bonchev–Trinajstić information content (AvgIpc) is 3.12. The van der Waals surface area contributed by atoms with Gasteiger partial charge in [0.15, 0.2) is 0 Å². The molecule has 1 N–H and O–H groups in total. The molecular formula is C23H28FN5O. The summed E-state index contributed by atoms with van der Waals surface area (Å²) in [7, 11) is 5.45. The lowest BCUT2D eigenvalue weighted by molar-refractivity contribution is 0.215. The lowest BCUT2D eigenvalue weighted by Gasteiger charge is -2.18. The van der Waals surface area contributed by atoms with E-state index in [-0.39, 0.29) is 11.8 Å². The summed E-state index contributed by atoms with van der Waals surface area (Å²) in [6.07, 6.45) is 1.98. The Balaban J connectivity index is 1.81. The van der Waals surface area contributed by atoms with Gasteiger partial charge in [0.05, 0.1) is 11.4 Å². The van der Waals surface area contributed by atoms with Crippen LogP contribution in [0.3, 0.4) is 0 Å². The molecule has 3 aromatic rings. The second-order valence-electron chi connectivity index (χ2n) is 7.65. The summed E-state index contributed by atoms with van der Waals surface area (Å²) in [6.45, 7) is 3.98. The highest BCUT2D eigenvalue weighted by Gasteiger charge is 2.14. The predicted octanol–water partition coefficient (Wildman–Crippen LogP) is 3.69. The van der Waals surface area contributed by atoms with Crippen LogP contribution in [0, 0.1) is 12.7 Å². The zero-order valence-corrected chi connectivity index (χ0v) is 17.9. The van der Waals surface area contributed by atoms with Crippen LogP contribution in [0.1, 0.15) is 11.1 Å². The van der Waals surface area contributed by atoms with Crippen LogP contribution < -0.4 is 5.32 Å². The molecule has 30 heavy (non-hydrogen) atoms. The molecule has 0 aliphatic carbocycles. The van der Waals surface area contributed by atoms with Crippen LogP contribution in [0.15, 0.2) is 54.7 Å². The Bertz CT molecular complexity index is 980. The first-order valence-corrected chi connectivity index (χ1v) is 9.88. The second-order valence-corrected chi connectivity index (χ2v) is 7.65. The fraction of sp³-hybridized carbons (Fsp3) is 0.304. The molecule has 3 rings (SSSR count). The van der Waals surface area contributed by atoms with Crippen LogP contribution in [0.25, 0.3) is 16.9 Å². The maximum absolute atomic E-state index is 13.3. The van der Waals surface area contributed by atoms with E-state index in [1.54, 1.807) is 30.9 Å². The molecule has 0 spiro atoms. The van der Waals surface area contributed by atoms with Crippen molar-refractivity contribution >= 4 is 6.03 Å². The molecule has 0 radical (unpaired) electrons. The van der Waals surface area contributed by atoms with E-state index in [9.17, 15) is 9.18 Å². The van der Waals surface area contributed by atoms with E-state index in [4.69, 9.17) is 5.10 Å². The minimum absolute atomic E-state index is 0.104. The van der Waals surface area contributed by atoms with E-state index in [2.05, 4.69) is 41.4 Å². The number of likely N-dealkylation sites (N-methyl/N-ethyl adjacent to an activating group) is 1. The molecule has 0 unspecified atom stereocenters. The van der Waals surface area contributed by atoms with Crippen LogP contribution in [0.4, 0.5) is 9.18 Å². The van der Waals surface area contributed by atoms with E-state index in [1.165, 1.54) is 22.6 Å². The number of hydrogen-bond acceptors (Lipinski definition) is 3. The summed E-state index contributed by atoms with van der Waals surface area (Å²) in [4.78, 5) is 15.3. The molecule has 0 aliphatic rings. The van der Waals surface area contributed by atoms with Crippen LogP contribution in [-0.2, 0) is 6.54 Å². The quantitative estimate of drug-likeness (QED) is 0.648. The minimum atomic E-state index is -0.274. The lowest BCUT2D eigenvalue weighted by Crippen LogP contribution is -2.38. The molecule has 6 nitrogen and oxygen atoms in total. The van der Waals surface area contributed by atoms with Gasteiger partial charge in [0, 0.05) is 51.1 Å². The predicted molar refractivity (Wildman–Crippen MR) is 117 cm³/mol. The molecule has 0 bridgehead atoms. The van der Waals surface area contributed by atoms with E-state index >= 15 is 0 Å². The Labute approximate surface area is 176 Å². The van der Waals surface area contributed by atoms with Crippen LogP contribution in [0.5, 0.6) is 0 Å². The van der Waals surface area contributed by atoms with Crippen molar-refractivity contribution in [1.29, 1.82) is 0 Å². The Hall–Kier alpha value is -3.19. The number of nitrogens with one attached hydrogen (secondary N) is 1. The number of carbonyl (C=O) groups excluding carboxylic acids is 1. The number of hydrogen-bond donors (Lipinski definition) is 1. The van der Waals surface area contributed by atoms with Gasteiger partial charge in [-0.1, -0.05) is 29.8 Å². The zero-order valence-electron chi connectivity index (χ0n) is 17.9. The topological polar surface area (TPSA) is 53.4 Å². The number of carbonyl (C=O) groups is 1. The van der Waals surface area contributed by atoms with Crippen molar-refractivity contribution in [2.45, 2.75) is 13.5 Å². The van der Waals surface area contributed by atoms with Crippen molar-refractivity contribution < 1.29 is 9.18 Å². The Morgan fingerprint density at radius 1 is 1.07 bits per heavy atom.